The van der Waals surface area contributed by atoms with Gasteiger partial charge in [0.15, 0.2) is 0 Å². The van der Waals surface area contributed by atoms with Gasteiger partial charge in [-0.05, 0) is 49.9 Å². The fourth-order valence-electron chi connectivity index (χ4n) is 3.75. The molecule has 1 aliphatic heterocycles. The summed E-state index contributed by atoms with van der Waals surface area (Å²) in [6.45, 7) is 2.22. The van der Waals surface area contributed by atoms with Gasteiger partial charge >= 0.3 is 12.3 Å². The molecule has 4 heterocycles. The number of rotatable bonds is 6. The van der Waals surface area contributed by atoms with E-state index in [1.165, 1.54) is 10.7 Å². The average Bonchev–Trinajstić information content (AvgIpc) is 3.37. The van der Waals surface area contributed by atoms with Crippen LogP contribution in [0, 0.1) is 5.92 Å². The predicted octanol–water partition coefficient (Wildman–Crippen LogP) is 3.98. The van der Waals surface area contributed by atoms with E-state index in [4.69, 9.17) is 4.74 Å². The van der Waals surface area contributed by atoms with Gasteiger partial charge in [-0.2, -0.15) is 23.3 Å². The first-order valence-corrected chi connectivity index (χ1v) is 10.4. The third-order valence-electron chi connectivity index (χ3n) is 5.66. The molecule has 2 atom stereocenters. The highest BCUT2D eigenvalue weighted by molar-refractivity contribution is 5.89. The second-order valence-corrected chi connectivity index (χ2v) is 8.04. The van der Waals surface area contributed by atoms with E-state index in [0.717, 1.165) is 25.1 Å². The molecule has 1 saturated heterocycles. The summed E-state index contributed by atoms with van der Waals surface area (Å²) in [5.74, 6) is 1.23. The molecular formula is C21H20F3N7O2. The van der Waals surface area contributed by atoms with Gasteiger partial charge in [-0.3, -0.25) is 4.90 Å². The second kappa shape index (κ2) is 8.01. The first kappa shape index (κ1) is 21.2. The maximum absolute atomic E-state index is 12.7. The van der Waals surface area contributed by atoms with Gasteiger partial charge in [0.05, 0.1) is 29.7 Å². The van der Waals surface area contributed by atoms with Gasteiger partial charge in [0.1, 0.15) is 18.1 Å². The van der Waals surface area contributed by atoms with E-state index in [1.54, 1.807) is 29.4 Å². The third kappa shape index (κ3) is 4.32. The number of alkyl halides is 3. The van der Waals surface area contributed by atoms with Crippen LogP contribution >= 0.6 is 0 Å². The Labute approximate surface area is 186 Å². The van der Waals surface area contributed by atoms with Crippen molar-refractivity contribution in [3.63, 3.8) is 0 Å². The van der Waals surface area contributed by atoms with Gasteiger partial charge in [-0.25, -0.2) is 19.4 Å². The Bertz CT molecular complexity index is 1160. The van der Waals surface area contributed by atoms with Gasteiger partial charge in [-0.15, -0.1) is 0 Å². The maximum atomic E-state index is 12.7. The van der Waals surface area contributed by atoms with Crippen LogP contribution in [0.4, 0.5) is 29.7 Å². The van der Waals surface area contributed by atoms with Crippen molar-refractivity contribution in [3.8, 4) is 5.69 Å². The molecule has 0 spiro atoms. The van der Waals surface area contributed by atoms with Crippen molar-refractivity contribution in [2.24, 2.45) is 5.92 Å². The molecule has 172 valence electrons. The zero-order valence-electron chi connectivity index (χ0n) is 17.5. The standard InChI is InChI=1S/C21H20F3N7O2/c1-12(15-7-9-30(29-15)14-4-5-17(26-10-14)21(22,23)24)27-19-25-8-6-18(28-19)31-16(13-2-3-13)11-33-20(31)32/h4-10,12-13,16H,2-3,11H2,1H3,(H,25,27,28)/t12-,16?/m0/s1. The van der Waals surface area contributed by atoms with Gasteiger partial charge in [0, 0.05) is 12.4 Å². The summed E-state index contributed by atoms with van der Waals surface area (Å²) in [4.78, 5) is 26.0. The van der Waals surface area contributed by atoms with E-state index in [9.17, 15) is 18.0 Å². The van der Waals surface area contributed by atoms with Crippen molar-refractivity contribution in [2.75, 3.05) is 16.8 Å². The molecule has 33 heavy (non-hydrogen) atoms. The SMILES string of the molecule is C[C@H](Nc1nccc(N2C(=O)OCC2C2CC2)n1)c1ccn(-c2ccc(C(F)(F)F)nc2)n1. The zero-order valence-corrected chi connectivity index (χ0v) is 17.5. The van der Waals surface area contributed by atoms with E-state index in [-0.39, 0.29) is 12.1 Å². The molecule has 3 aromatic rings. The van der Waals surface area contributed by atoms with Gasteiger partial charge < -0.3 is 10.1 Å². The summed E-state index contributed by atoms with van der Waals surface area (Å²) in [5.41, 5.74) is 0.0650. The van der Waals surface area contributed by atoms with Crippen molar-refractivity contribution < 1.29 is 22.7 Å². The largest absolute Gasteiger partial charge is 0.447 e. The summed E-state index contributed by atoms with van der Waals surface area (Å²) >= 11 is 0. The van der Waals surface area contributed by atoms with Crippen LogP contribution in [0.2, 0.25) is 0 Å². The molecule has 0 aromatic carbocycles. The number of hydrogen-bond acceptors (Lipinski definition) is 7. The molecule has 1 unspecified atom stereocenters. The zero-order chi connectivity index (χ0) is 23.2. The molecule has 1 saturated carbocycles. The maximum Gasteiger partial charge on any atom is 0.433 e. The minimum atomic E-state index is -4.49. The van der Waals surface area contributed by atoms with Crippen LogP contribution in [0.5, 0.6) is 0 Å². The van der Waals surface area contributed by atoms with E-state index in [0.29, 0.717) is 35.7 Å². The molecule has 0 bridgehead atoms. The lowest BCUT2D eigenvalue weighted by Gasteiger charge is -2.20. The quantitative estimate of drug-likeness (QED) is 0.595. The number of halogens is 3. The Kier molecular flexibility index (Phi) is 5.14. The lowest BCUT2D eigenvalue weighted by Crippen LogP contribution is -2.35. The van der Waals surface area contributed by atoms with Gasteiger partial charge in [-0.1, -0.05) is 0 Å². The summed E-state index contributed by atoms with van der Waals surface area (Å²) in [6, 6.07) is 5.31. The van der Waals surface area contributed by atoms with Crippen LogP contribution in [0.3, 0.4) is 0 Å². The molecule has 5 rings (SSSR count). The van der Waals surface area contributed by atoms with Crippen LogP contribution < -0.4 is 10.2 Å². The number of pyridine rings is 1. The Balaban J connectivity index is 1.30. The molecule has 2 fully saturated rings. The normalized spacial score (nSPS) is 19.5. The van der Waals surface area contributed by atoms with Gasteiger partial charge in [0.2, 0.25) is 5.95 Å². The monoisotopic (exact) mass is 459 g/mol. The van der Waals surface area contributed by atoms with Crippen molar-refractivity contribution in [3.05, 3.63) is 54.2 Å². The number of hydrogen-bond donors (Lipinski definition) is 1. The van der Waals surface area contributed by atoms with Crippen molar-refractivity contribution in [1.82, 2.24) is 24.7 Å². The summed E-state index contributed by atoms with van der Waals surface area (Å²) in [6.07, 6.45) is 1.56. The number of anilines is 2. The van der Waals surface area contributed by atoms with Crippen LogP contribution in [0.1, 0.15) is 37.2 Å². The number of nitrogens with one attached hydrogen (secondary N) is 1. The number of ether oxygens (including phenoxy) is 1. The number of carbonyl (C=O) groups is 1. The van der Waals surface area contributed by atoms with Crippen molar-refractivity contribution in [1.29, 1.82) is 0 Å². The summed E-state index contributed by atoms with van der Waals surface area (Å²) in [5, 5.41) is 7.57. The first-order valence-electron chi connectivity index (χ1n) is 10.4. The van der Waals surface area contributed by atoms with Crippen molar-refractivity contribution in [2.45, 2.75) is 38.0 Å². The van der Waals surface area contributed by atoms with Crippen molar-refractivity contribution >= 4 is 17.9 Å². The van der Waals surface area contributed by atoms with E-state index in [2.05, 4.69) is 25.4 Å². The van der Waals surface area contributed by atoms with E-state index in [1.807, 2.05) is 6.92 Å². The van der Waals surface area contributed by atoms with E-state index >= 15 is 0 Å². The highest BCUT2D eigenvalue weighted by atomic mass is 19.4. The number of carbonyl (C=O) groups excluding carboxylic acids is 1. The lowest BCUT2D eigenvalue weighted by molar-refractivity contribution is -0.141. The molecule has 1 aliphatic carbocycles. The number of aromatic nitrogens is 5. The topological polar surface area (TPSA) is 98.1 Å². The van der Waals surface area contributed by atoms with Crippen LogP contribution in [0.25, 0.3) is 5.69 Å². The number of cyclic esters (lactones) is 1. The van der Waals surface area contributed by atoms with Gasteiger partial charge in [0.25, 0.3) is 0 Å². The Hall–Kier alpha value is -3.70. The summed E-state index contributed by atoms with van der Waals surface area (Å²) < 4.78 is 44.8. The molecule has 1 amide bonds. The second-order valence-electron chi connectivity index (χ2n) is 8.04. The highest BCUT2D eigenvalue weighted by Gasteiger charge is 2.44. The fraction of sp³-hybridized carbons (Fsp3) is 0.381. The molecule has 1 N–H and O–H groups in total. The third-order valence-corrected chi connectivity index (χ3v) is 5.66. The van der Waals surface area contributed by atoms with Crippen LogP contribution in [-0.4, -0.2) is 43.5 Å². The molecule has 9 nitrogen and oxygen atoms in total. The number of nitrogens with zero attached hydrogens (tertiary/aromatic N) is 6. The Morgan fingerprint density at radius 2 is 2.00 bits per heavy atom. The highest BCUT2D eigenvalue weighted by Crippen LogP contribution is 2.39. The van der Waals surface area contributed by atoms with E-state index < -0.39 is 18.0 Å². The molecular weight excluding hydrogens is 439 g/mol. The molecule has 3 aromatic heterocycles. The fourth-order valence-corrected chi connectivity index (χ4v) is 3.75. The molecule has 12 heteroatoms. The average molecular weight is 459 g/mol. The predicted molar refractivity (Wildman–Crippen MR) is 111 cm³/mol. The smallest absolute Gasteiger partial charge is 0.433 e. The van der Waals surface area contributed by atoms with Crippen LogP contribution in [0.15, 0.2) is 42.9 Å². The minimum Gasteiger partial charge on any atom is -0.447 e. The minimum absolute atomic E-state index is 0.00860. The number of amides is 1. The molecule has 2 aliphatic rings. The Morgan fingerprint density at radius 1 is 1.18 bits per heavy atom. The summed E-state index contributed by atoms with van der Waals surface area (Å²) in [7, 11) is 0. The molecule has 0 radical (unpaired) electrons. The Morgan fingerprint density at radius 3 is 2.70 bits per heavy atom. The van der Waals surface area contributed by atoms with Crippen LogP contribution in [-0.2, 0) is 10.9 Å². The lowest BCUT2D eigenvalue weighted by atomic mass is 10.2. The first-order chi connectivity index (χ1) is 15.8.